The van der Waals surface area contributed by atoms with Crippen molar-refractivity contribution in [2.24, 2.45) is 0 Å². The fraction of sp³-hybridized carbons (Fsp3) is 0.294. The normalized spacial score (nSPS) is 12.3. The van der Waals surface area contributed by atoms with E-state index in [2.05, 4.69) is 48.6 Å². The lowest BCUT2D eigenvalue weighted by atomic mass is 10.1. The molecule has 0 bridgehead atoms. The number of rotatable bonds is 6. The quantitative estimate of drug-likeness (QED) is 0.794. The van der Waals surface area contributed by atoms with Gasteiger partial charge in [-0.2, -0.15) is 0 Å². The molecule has 0 aliphatic rings. The number of aliphatic hydroxyl groups is 1. The number of hydrogen-bond donors (Lipinski definition) is 2. The van der Waals surface area contributed by atoms with Crippen molar-refractivity contribution in [2.45, 2.75) is 30.2 Å². The molecule has 1 unspecified atom stereocenters. The monoisotopic (exact) mass is 287 g/mol. The zero-order valence-corrected chi connectivity index (χ0v) is 12.8. The lowest BCUT2D eigenvalue weighted by Crippen LogP contribution is -2.11. The molecule has 1 atom stereocenters. The summed E-state index contributed by atoms with van der Waals surface area (Å²) in [5, 5.41) is 12.3. The van der Waals surface area contributed by atoms with Crippen LogP contribution in [0.3, 0.4) is 0 Å². The molecule has 0 spiro atoms. The Hall–Kier alpha value is -1.29. The lowest BCUT2D eigenvalue weighted by Gasteiger charge is -2.12. The van der Waals surface area contributed by atoms with Crippen LogP contribution < -0.4 is 5.32 Å². The topological polar surface area (TPSA) is 32.3 Å². The molecule has 2 aromatic rings. The van der Waals surface area contributed by atoms with Gasteiger partial charge in [-0.15, -0.1) is 11.8 Å². The van der Waals surface area contributed by atoms with Gasteiger partial charge in [0.2, 0.25) is 0 Å². The van der Waals surface area contributed by atoms with Crippen LogP contribution in [0.2, 0.25) is 0 Å². The van der Waals surface area contributed by atoms with Crippen LogP contribution >= 0.6 is 11.8 Å². The molecule has 2 rings (SSSR count). The lowest BCUT2D eigenvalue weighted by molar-refractivity contribution is 0.282. The van der Waals surface area contributed by atoms with Gasteiger partial charge in [0.15, 0.2) is 0 Å². The highest BCUT2D eigenvalue weighted by atomic mass is 32.2. The minimum absolute atomic E-state index is 0.109. The number of aliphatic hydroxyl groups excluding tert-OH is 1. The third-order valence-electron chi connectivity index (χ3n) is 3.40. The largest absolute Gasteiger partial charge is 0.392 e. The van der Waals surface area contributed by atoms with Crippen LogP contribution in [0.5, 0.6) is 0 Å². The first-order valence-electron chi connectivity index (χ1n) is 6.81. The Labute approximate surface area is 125 Å². The zero-order chi connectivity index (χ0) is 14.4. The average molecular weight is 287 g/mol. The van der Waals surface area contributed by atoms with Gasteiger partial charge >= 0.3 is 0 Å². The predicted molar refractivity (Wildman–Crippen MR) is 85.8 cm³/mol. The third kappa shape index (κ3) is 4.10. The van der Waals surface area contributed by atoms with E-state index >= 15 is 0 Å². The molecule has 2 nitrogen and oxygen atoms in total. The van der Waals surface area contributed by atoms with Crippen molar-refractivity contribution in [1.29, 1.82) is 0 Å². The molecular formula is C17H21NOS. The highest BCUT2D eigenvalue weighted by Gasteiger charge is 2.03. The van der Waals surface area contributed by atoms with Crippen LogP contribution in [0.15, 0.2) is 53.4 Å². The van der Waals surface area contributed by atoms with Crippen molar-refractivity contribution in [1.82, 2.24) is 5.32 Å². The summed E-state index contributed by atoms with van der Waals surface area (Å²) >= 11 is 1.84. The van der Waals surface area contributed by atoms with E-state index in [-0.39, 0.29) is 6.61 Å². The minimum atomic E-state index is 0.109. The Morgan fingerprint density at radius 2 is 1.80 bits per heavy atom. The van der Waals surface area contributed by atoms with Gasteiger partial charge in [0.05, 0.1) is 6.61 Å². The molecule has 106 valence electrons. The number of hydrogen-bond acceptors (Lipinski definition) is 3. The molecule has 0 saturated heterocycles. The SMILES string of the molecule is CNC(C)c1cccc(SCc2ccc(CO)cc2)c1. The summed E-state index contributed by atoms with van der Waals surface area (Å²) in [6, 6.07) is 17.2. The first kappa shape index (κ1) is 15.1. The highest BCUT2D eigenvalue weighted by Crippen LogP contribution is 2.25. The molecule has 0 saturated carbocycles. The van der Waals surface area contributed by atoms with E-state index in [4.69, 9.17) is 5.11 Å². The second-order valence-corrected chi connectivity index (χ2v) is 5.89. The van der Waals surface area contributed by atoms with Crippen LogP contribution in [-0.2, 0) is 12.4 Å². The Morgan fingerprint density at radius 3 is 2.45 bits per heavy atom. The average Bonchev–Trinajstić information content (AvgIpc) is 2.53. The fourth-order valence-corrected chi connectivity index (χ4v) is 2.87. The van der Waals surface area contributed by atoms with E-state index in [0.29, 0.717) is 6.04 Å². The maximum Gasteiger partial charge on any atom is 0.0681 e. The molecule has 0 aliphatic heterocycles. The first-order chi connectivity index (χ1) is 9.72. The van der Waals surface area contributed by atoms with Gasteiger partial charge in [-0.25, -0.2) is 0 Å². The third-order valence-corrected chi connectivity index (χ3v) is 4.47. The van der Waals surface area contributed by atoms with Crippen LogP contribution in [0.25, 0.3) is 0 Å². The van der Waals surface area contributed by atoms with Crippen molar-refractivity contribution in [3.8, 4) is 0 Å². The molecule has 2 N–H and O–H groups in total. The standard InChI is InChI=1S/C17H21NOS/c1-13(18-2)16-4-3-5-17(10-16)20-12-15-8-6-14(11-19)7-9-15/h3-10,13,18-19H,11-12H2,1-2H3. The van der Waals surface area contributed by atoms with Gasteiger partial charge in [-0.3, -0.25) is 0 Å². The summed E-state index contributed by atoms with van der Waals surface area (Å²) in [5.74, 6) is 0.948. The number of thioether (sulfide) groups is 1. The van der Waals surface area contributed by atoms with Gasteiger partial charge in [0.1, 0.15) is 0 Å². The fourth-order valence-electron chi connectivity index (χ4n) is 1.95. The van der Waals surface area contributed by atoms with Crippen LogP contribution in [0.1, 0.15) is 29.7 Å². The second kappa shape index (κ2) is 7.48. The van der Waals surface area contributed by atoms with E-state index in [0.717, 1.165) is 11.3 Å². The van der Waals surface area contributed by atoms with Gasteiger partial charge in [0, 0.05) is 16.7 Å². The predicted octanol–water partition coefficient (Wildman–Crippen LogP) is 3.75. The Bertz CT molecular complexity index is 539. The van der Waals surface area contributed by atoms with Crippen LogP contribution in [0, 0.1) is 0 Å². The molecule has 0 aliphatic carbocycles. The van der Waals surface area contributed by atoms with Crippen molar-refractivity contribution in [3.63, 3.8) is 0 Å². The Kier molecular flexibility index (Phi) is 5.65. The zero-order valence-electron chi connectivity index (χ0n) is 12.0. The smallest absolute Gasteiger partial charge is 0.0681 e. The molecule has 0 aromatic heterocycles. The summed E-state index contributed by atoms with van der Waals surface area (Å²) in [4.78, 5) is 1.29. The molecule has 2 aromatic carbocycles. The van der Waals surface area contributed by atoms with Crippen molar-refractivity contribution in [2.75, 3.05) is 7.05 Å². The van der Waals surface area contributed by atoms with Gasteiger partial charge in [0.25, 0.3) is 0 Å². The maximum absolute atomic E-state index is 9.03. The van der Waals surface area contributed by atoms with Crippen LogP contribution in [0.4, 0.5) is 0 Å². The summed E-state index contributed by atoms with van der Waals surface area (Å²) < 4.78 is 0. The number of nitrogens with one attached hydrogen (secondary N) is 1. The van der Waals surface area contributed by atoms with Gasteiger partial charge in [-0.05, 0) is 42.8 Å². The maximum atomic E-state index is 9.03. The Balaban J connectivity index is 1.99. The Morgan fingerprint density at radius 1 is 1.10 bits per heavy atom. The highest BCUT2D eigenvalue weighted by molar-refractivity contribution is 7.98. The second-order valence-electron chi connectivity index (χ2n) is 4.85. The molecular weight excluding hydrogens is 266 g/mol. The summed E-state index contributed by atoms with van der Waals surface area (Å²) in [5.41, 5.74) is 3.55. The van der Waals surface area contributed by atoms with Crippen molar-refractivity contribution in [3.05, 3.63) is 65.2 Å². The van der Waals surface area contributed by atoms with Crippen molar-refractivity contribution < 1.29 is 5.11 Å². The molecule has 0 amide bonds. The van der Waals surface area contributed by atoms with E-state index in [1.807, 2.05) is 30.9 Å². The molecule has 0 radical (unpaired) electrons. The van der Waals surface area contributed by atoms with Crippen molar-refractivity contribution >= 4 is 11.8 Å². The molecule has 0 heterocycles. The molecule has 3 heteroatoms. The van der Waals surface area contributed by atoms with E-state index in [1.54, 1.807) is 0 Å². The summed E-state index contributed by atoms with van der Waals surface area (Å²) in [7, 11) is 1.98. The first-order valence-corrected chi connectivity index (χ1v) is 7.80. The van der Waals surface area contributed by atoms with Gasteiger partial charge in [-0.1, -0.05) is 36.4 Å². The van der Waals surface area contributed by atoms with E-state index < -0.39 is 0 Å². The minimum Gasteiger partial charge on any atom is -0.392 e. The van der Waals surface area contributed by atoms with E-state index in [1.165, 1.54) is 16.0 Å². The number of benzene rings is 2. The molecule has 0 fully saturated rings. The van der Waals surface area contributed by atoms with E-state index in [9.17, 15) is 0 Å². The van der Waals surface area contributed by atoms with Crippen LogP contribution in [-0.4, -0.2) is 12.2 Å². The summed E-state index contributed by atoms with van der Waals surface area (Å²) in [6.45, 7) is 2.27. The van der Waals surface area contributed by atoms with Gasteiger partial charge < -0.3 is 10.4 Å². The molecule has 20 heavy (non-hydrogen) atoms. The summed E-state index contributed by atoms with van der Waals surface area (Å²) in [6.07, 6.45) is 0.